The molecule has 84 valence electrons. The topological polar surface area (TPSA) is 35.5 Å². The van der Waals surface area contributed by atoms with Crippen LogP contribution in [0.5, 0.6) is 0 Å². The van der Waals surface area contributed by atoms with Gasteiger partial charge in [0.15, 0.2) is 0 Å². The van der Waals surface area contributed by atoms with E-state index < -0.39 is 7.60 Å². The Morgan fingerprint density at radius 3 is 2.47 bits per heavy atom. The summed E-state index contributed by atoms with van der Waals surface area (Å²) in [5, 5.41) is 4.22. The number of hydrogen-bond donors (Lipinski definition) is 0. The van der Waals surface area contributed by atoms with Gasteiger partial charge in [-0.3, -0.25) is 4.57 Å². The average Bonchev–Trinajstić information content (AvgIpc) is 2.70. The Labute approximate surface area is 94.3 Å². The predicted molar refractivity (Wildman–Crippen MR) is 64.2 cm³/mol. The second kappa shape index (κ2) is 5.61. The maximum Gasteiger partial charge on any atom is 0.361 e. The highest BCUT2D eigenvalue weighted by Crippen LogP contribution is 2.59. The predicted octanol–water partition coefficient (Wildman–Crippen LogP) is 3.98. The smallest absolute Gasteiger partial charge is 0.305 e. The molecule has 0 unspecified atom stereocenters. The van der Waals surface area contributed by atoms with E-state index in [0.717, 1.165) is 5.56 Å². The van der Waals surface area contributed by atoms with Gasteiger partial charge in [-0.25, -0.2) is 0 Å². The summed E-state index contributed by atoms with van der Waals surface area (Å²) in [6.07, 6.45) is 0. The van der Waals surface area contributed by atoms with E-state index in [2.05, 4.69) is 6.58 Å². The van der Waals surface area contributed by atoms with E-state index >= 15 is 0 Å². The molecule has 0 atom stereocenters. The maximum atomic E-state index is 12.3. The highest BCUT2D eigenvalue weighted by Gasteiger charge is 2.29. The standard InChI is InChI=1S/C10H15O3PS/c1-4-12-14(11,13-5-2)9(3)10-6-7-15-8-10/h6-8H,3-5H2,1-2H3. The van der Waals surface area contributed by atoms with Gasteiger partial charge in [-0.05, 0) is 36.2 Å². The number of rotatable bonds is 6. The van der Waals surface area contributed by atoms with E-state index in [4.69, 9.17) is 9.05 Å². The second-order valence-corrected chi connectivity index (χ2v) is 5.62. The van der Waals surface area contributed by atoms with Crippen molar-refractivity contribution in [2.24, 2.45) is 0 Å². The van der Waals surface area contributed by atoms with Crippen molar-refractivity contribution in [3.05, 3.63) is 29.0 Å². The van der Waals surface area contributed by atoms with Crippen molar-refractivity contribution >= 4 is 24.2 Å². The summed E-state index contributed by atoms with van der Waals surface area (Å²) < 4.78 is 22.7. The molecule has 3 nitrogen and oxygen atoms in total. The lowest BCUT2D eigenvalue weighted by Crippen LogP contribution is -1.97. The molecule has 0 aliphatic carbocycles. The van der Waals surface area contributed by atoms with Crippen molar-refractivity contribution in [1.29, 1.82) is 0 Å². The molecule has 0 saturated heterocycles. The van der Waals surface area contributed by atoms with Gasteiger partial charge < -0.3 is 9.05 Å². The van der Waals surface area contributed by atoms with Crippen molar-refractivity contribution in [2.45, 2.75) is 13.8 Å². The van der Waals surface area contributed by atoms with Crippen molar-refractivity contribution in [3.8, 4) is 0 Å². The molecule has 5 heteroatoms. The largest absolute Gasteiger partial charge is 0.361 e. The first-order valence-corrected chi connectivity index (χ1v) is 7.23. The molecule has 0 radical (unpaired) electrons. The van der Waals surface area contributed by atoms with Crippen LogP contribution in [0.3, 0.4) is 0 Å². The van der Waals surface area contributed by atoms with Crippen LogP contribution in [0.2, 0.25) is 0 Å². The lowest BCUT2D eigenvalue weighted by atomic mass is 10.3. The molecular weight excluding hydrogens is 231 g/mol. The van der Waals surface area contributed by atoms with Crippen molar-refractivity contribution in [2.75, 3.05) is 13.2 Å². The minimum atomic E-state index is -3.19. The Morgan fingerprint density at radius 1 is 1.47 bits per heavy atom. The van der Waals surface area contributed by atoms with Gasteiger partial charge in [-0.15, -0.1) is 0 Å². The average molecular weight is 246 g/mol. The number of thiophene rings is 1. The molecule has 1 heterocycles. The molecule has 0 aliphatic rings. The Hall–Kier alpha value is -0.410. The molecule has 0 fully saturated rings. The van der Waals surface area contributed by atoms with Crippen LogP contribution < -0.4 is 0 Å². The van der Waals surface area contributed by atoms with E-state index in [0.29, 0.717) is 18.5 Å². The second-order valence-electron chi connectivity index (χ2n) is 2.79. The van der Waals surface area contributed by atoms with Crippen LogP contribution in [0.15, 0.2) is 23.4 Å². The molecule has 0 spiro atoms. The SMILES string of the molecule is C=C(c1ccsc1)P(=O)(OCC)OCC. The molecule has 1 aromatic heterocycles. The van der Waals surface area contributed by atoms with Crippen LogP contribution in [0.4, 0.5) is 0 Å². The van der Waals surface area contributed by atoms with E-state index in [1.807, 2.05) is 16.8 Å². The van der Waals surface area contributed by atoms with E-state index in [1.54, 1.807) is 13.8 Å². The fraction of sp³-hybridized carbons (Fsp3) is 0.400. The molecule has 0 saturated carbocycles. The molecule has 0 aliphatic heterocycles. The van der Waals surface area contributed by atoms with Gasteiger partial charge in [0.1, 0.15) is 0 Å². The zero-order valence-corrected chi connectivity index (χ0v) is 10.6. The van der Waals surface area contributed by atoms with Crippen molar-refractivity contribution in [3.63, 3.8) is 0 Å². The fourth-order valence-corrected chi connectivity index (χ4v) is 3.40. The van der Waals surface area contributed by atoms with E-state index in [1.165, 1.54) is 11.3 Å². The van der Waals surface area contributed by atoms with Crippen LogP contribution in [0.1, 0.15) is 19.4 Å². The van der Waals surface area contributed by atoms with Crippen LogP contribution in [0, 0.1) is 0 Å². The summed E-state index contributed by atoms with van der Waals surface area (Å²) in [6.45, 7) is 8.06. The van der Waals surface area contributed by atoms with Gasteiger partial charge >= 0.3 is 7.60 Å². The molecule has 0 aromatic carbocycles. The summed E-state index contributed by atoms with van der Waals surface area (Å²) >= 11 is 1.53. The maximum absolute atomic E-state index is 12.3. The van der Waals surface area contributed by atoms with Gasteiger partial charge in [0, 0.05) is 0 Å². The molecular formula is C10H15O3PS. The van der Waals surface area contributed by atoms with Gasteiger partial charge in [0.05, 0.1) is 18.5 Å². The van der Waals surface area contributed by atoms with Crippen LogP contribution in [0.25, 0.3) is 5.31 Å². The summed E-state index contributed by atoms with van der Waals surface area (Å²) in [6, 6.07) is 1.86. The molecule has 1 aromatic rings. The Kier molecular flexibility index (Phi) is 4.74. The summed E-state index contributed by atoms with van der Waals surface area (Å²) in [4.78, 5) is 0. The fourth-order valence-electron chi connectivity index (χ4n) is 1.12. The first kappa shape index (κ1) is 12.7. The molecule has 0 amide bonds. The van der Waals surface area contributed by atoms with Crippen LogP contribution in [-0.4, -0.2) is 13.2 Å². The van der Waals surface area contributed by atoms with Crippen molar-refractivity contribution in [1.82, 2.24) is 0 Å². The zero-order valence-electron chi connectivity index (χ0n) is 8.93. The third kappa shape index (κ3) is 3.02. The van der Waals surface area contributed by atoms with Crippen molar-refractivity contribution < 1.29 is 13.6 Å². The highest BCUT2D eigenvalue weighted by molar-refractivity contribution is 7.65. The van der Waals surface area contributed by atoms with E-state index in [9.17, 15) is 4.57 Å². The minimum Gasteiger partial charge on any atom is -0.305 e. The Morgan fingerprint density at radius 2 is 2.07 bits per heavy atom. The normalized spacial score (nSPS) is 11.6. The molecule has 0 N–H and O–H groups in total. The summed E-state index contributed by atoms with van der Waals surface area (Å²) in [5.74, 6) is 0. The molecule has 15 heavy (non-hydrogen) atoms. The molecule has 0 bridgehead atoms. The van der Waals surface area contributed by atoms with Gasteiger partial charge in [-0.1, -0.05) is 6.58 Å². The number of hydrogen-bond acceptors (Lipinski definition) is 4. The van der Waals surface area contributed by atoms with Crippen LogP contribution >= 0.6 is 18.9 Å². The highest BCUT2D eigenvalue weighted by atomic mass is 32.1. The quantitative estimate of drug-likeness (QED) is 0.712. The lowest BCUT2D eigenvalue weighted by molar-refractivity contribution is 0.231. The Bertz CT molecular complexity index is 349. The first-order valence-electron chi connectivity index (χ1n) is 4.75. The van der Waals surface area contributed by atoms with Gasteiger partial charge in [0.2, 0.25) is 0 Å². The zero-order chi connectivity index (χ0) is 11.3. The lowest BCUT2D eigenvalue weighted by Gasteiger charge is -2.18. The minimum absolute atomic E-state index is 0.348. The monoisotopic (exact) mass is 246 g/mol. The summed E-state index contributed by atoms with van der Waals surface area (Å²) in [5.41, 5.74) is 0.824. The first-order chi connectivity index (χ1) is 7.14. The Balaban J connectivity index is 2.90. The van der Waals surface area contributed by atoms with Gasteiger partial charge in [0.25, 0.3) is 0 Å². The third-order valence-electron chi connectivity index (χ3n) is 1.78. The molecule has 1 rings (SSSR count). The third-order valence-corrected chi connectivity index (χ3v) is 4.58. The summed E-state index contributed by atoms with van der Waals surface area (Å²) in [7, 11) is -3.19. The van der Waals surface area contributed by atoms with Crippen LogP contribution in [-0.2, 0) is 13.6 Å². The van der Waals surface area contributed by atoms with Gasteiger partial charge in [-0.2, -0.15) is 11.3 Å². The van der Waals surface area contributed by atoms with E-state index in [-0.39, 0.29) is 0 Å².